The first-order chi connectivity index (χ1) is 10.5. The monoisotopic (exact) mass is 323 g/mol. The van der Waals surface area contributed by atoms with E-state index in [4.69, 9.17) is 9.47 Å². The number of carbonyl (C=O) groups is 2. The average molecular weight is 323 g/mol. The maximum Gasteiger partial charge on any atom is 0.340 e. The van der Waals surface area contributed by atoms with E-state index in [9.17, 15) is 14.7 Å². The number of hydrogen-bond acceptors (Lipinski definition) is 6. The smallest absolute Gasteiger partial charge is 0.340 e. The minimum Gasteiger partial charge on any atom is -0.464 e. The number of hydrogen-bond donors (Lipinski definition) is 1. The number of aliphatic imine (C=N–C) groups is 1. The molecule has 2 bridgehead atoms. The lowest BCUT2D eigenvalue weighted by Gasteiger charge is -2.64. The molecular formula is C17H25NO5. The molecule has 23 heavy (non-hydrogen) atoms. The number of rotatable bonds is 3. The van der Waals surface area contributed by atoms with Gasteiger partial charge < -0.3 is 14.6 Å². The average Bonchev–Trinajstić information content (AvgIpc) is 2.44. The van der Waals surface area contributed by atoms with E-state index in [0.717, 1.165) is 18.6 Å². The van der Waals surface area contributed by atoms with Gasteiger partial charge in [-0.2, -0.15) is 0 Å². The van der Waals surface area contributed by atoms with Crippen LogP contribution in [0, 0.1) is 17.3 Å². The minimum atomic E-state index is -2.02. The van der Waals surface area contributed by atoms with E-state index in [1.807, 2.05) is 6.92 Å². The van der Waals surface area contributed by atoms with Crippen LogP contribution >= 0.6 is 0 Å². The van der Waals surface area contributed by atoms with Gasteiger partial charge in [-0.15, -0.1) is 0 Å². The molecule has 5 atom stereocenters. The standard InChI is InChI=1S/C17H25NO5/c1-6-22-14(20)16(4,21)12-13(19)23-17(5)10-7-9(15(10,2)3)8-11(17)18-12/h9-10,12,21H,6-8H2,1-5H3/t9-,10-,12+,16-,17+/m0/s1. The van der Waals surface area contributed by atoms with Crippen molar-refractivity contribution < 1.29 is 24.2 Å². The van der Waals surface area contributed by atoms with Crippen molar-refractivity contribution in [2.24, 2.45) is 22.2 Å². The molecule has 3 saturated carbocycles. The molecular weight excluding hydrogens is 298 g/mol. The Balaban J connectivity index is 1.94. The lowest BCUT2D eigenvalue weighted by Crippen LogP contribution is -2.69. The predicted octanol–water partition coefficient (Wildman–Crippen LogP) is 1.49. The van der Waals surface area contributed by atoms with Gasteiger partial charge in [-0.3, -0.25) is 4.99 Å². The Morgan fingerprint density at radius 2 is 2.13 bits per heavy atom. The molecule has 4 rings (SSSR count). The lowest BCUT2D eigenvalue weighted by atomic mass is 9.43. The number of nitrogens with zero attached hydrogens (tertiary/aromatic N) is 1. The second-order valence-electron chi connectivity index (χ2n) is 7.89. The van der Waals surface area contributed by atoms with Gasteiger partial charge in [0.25, 0.3) is 0 Å². The van der Waals surface area contributed by atoms with E-state index in [1.165, 1.54) is 6.92 Å². The quantitative estimate of drug-likeness (QED) is 0.795. The highest BCUT2D eigenvalue weighted by Crippen LogP contribution is 2.63. The van der Waals surface area contributed by atoms with Gasteiger partial charge in [-0.05, 0) is 44.9 Å². The summed E-state index contributed by atoms with van der Waals surface area (Å²) in [6, 6.07) is -1.26. The van der Waals surface area contributed by atoms with Crippen molar-refractivity contribution in [1.29, 1.82) is 0 Å². The van der Waals surface area contributed by atoms with Crippen LogP contribution in [0.5, 0.6) is 0 Å². The number of aliphatic hydroxyl groups is 1. The fraction of sp³-hybridized carbons (Fsp3) is 0.824. The molecule has 3 fully saturated rings. The highest BCUT2D eigenvalue weighted by molar-refractivity contribution is 6.02. The lowest BCUT2D eigenvalue weighted by molar-refractivity contribution is -0.197. The van der Waals surface area contributed by atoms with Crippen molar-refractivity contribution in [3.05, 3.63) is 0 Å². The highest BCUT2D eigenvalue weighted by atomic mass is 16.6. The van der Waals surface area contributed by atoms with Gasteiger partial charge in [0.2, 0.25) is 0 Å². The first-order valence-electron chi connectivity index (χ1n) is 8.24. The number of esters is 2. The van der Waals surface area contributed by atoms with Gasteiger partial charge in [-0.25, -0.2) is 9.59 Å². The summed E-state index contributed by atoms with van der Waals surface area (Å²) in [5.41, 5.74) is -1.84. The van der Waals surface area contributed by atoms with Crippen molar-refractivity contribution in [3.8, 4) is 0 Å². The third-order valence-corrected chi connectivity index (χ3v) is 6.19. The third-order valence-electron chi connectivity index (χ3n) is 6.19. The zero-order valence-electron chi connectivity index (χ0n) is 14.4. The summed E-state index contributed by atoms with van der Waals surface area (Å²) in [7, 11) is 0. The summed E-state index contributed by atoms with van der Waals surface area (Å²) < 4.78 is 10.6. The molecule has 0 amide bonds. The first-order valence-corrected chi connectivity index (χ1v) is 8.24. The summed E-state index contributed by atoms with van der Waals surface area (Å²) in [5, 5.41) is 10.5. The van der Waals surface area contributed by atoms with Crippen LogP contribution in [-0.4, -0.2) is 46.6 Å². The molecule has 3 aliphatic carbocycles. The summed E-state index contributed by atoms with van der Waals surface area (Å²) in [4.78, 5) is 28.9. The van der Waals surface area contributed by atoms with E-state index >= 15 is 0 Å². The van der Waals surface area contributed by atoms with Gasteiger partial charge in [0.05, 0.1) is 12.3 Å². The largest absolute Gasteiger partial charge is 0.464 e. The van der Waals surface area contributed by atoms with E-state index in [1.54, 1.807) is 6.92 Å². The van der Waals surface area contributed by atoms with Crippen LogP contribution in [-0.2, 0) is 19.1 Å². The molecule has 1 heterocycles. The molecule has 4 aliphatic rings. The van der Waals surface area contributed by atoms with Crippen molar-refractivity contribution in [1.82, 2.24) is 0 Å². The van der Waals surface area contributed by atoms with Crippen LogP contribution in [0.25, 0.3) is 0 Å². The van der Waals surface area contributed by atoms with Crippen LogP contribution in [0.1, 0.15) is 47.5 Å². The SMILES string of the molecule is CCOC(=O)[C@@](C)(O)[C@@H]1N=C2C[C@@H]3C[C@@H](C3(C)C)[C@@]2(C)OC1=O. The fourth-order valence-electron chi connectivity index (χ4n) is 4.46. The first kappa shape index (κ1) is 16.4. The van der Waals surface area contributed by atoms with Crippen molar-refractivity contribution in [2.45, 2.75) is 64.7 Å². The zero-order valence-corrected chi connectivity index (χ0v) is 14.4. The Morgan fingerprint density at radius 1 is 1.48 bits per heavy atom. The van der Waals surface area contributed by atoms with Crippen molar-refractivity contribution >= 4 is 17.7 Å². The van der Waals surface area contributed by atoms with Gasteiger partial charge in [-0.1, -0.05) is 13.8 Å². The normalized spacial score (nSPS) is 40.0. The van der Waals surface area contributed by atoms with Gasteiger partial charge >= 0.3 is 11.9 Å². The molecule has 0 aromatic carbocycles. The van der Waals surface area contributed by atoms with E-state index in [-0.39, 0.29) is 17.9 Å². The van der Waals surface area contributed by atoms with E-state index < -0.39 is 29.2 Å². The molecule has 0 unspecified atom stereocenters. The third kappa shape index (κ3) is 2.07. The summed E-state index contributed by atoms with van der Waals surface area (Å²) >= 11 is 0. The van der Waals surface area contributed by atoms with Crippen molar-refractivity contribution in [3.63, 3.8) is 0 Å². The summed E-state index contributed by atoms with van der Waals surface area (Å²) in [6.45, 7) is 9.33. The van der Waals surface area contributed by atoms with Crippen molar-refractivity contribution in [2.75, 3.05) is 6.61 Å². The Morgan fingerprint density at radius 3 is 2.70 bits per heavy atom. The predicted molar refractivity (Wildman–Crippen MR) is 83.0 cm³/mol. The molecule has 0 aromatic heterocycles. The van der Waals surface area contributed by atoms with Gasteiger partial charge in [0.1, 0.15) is 0 Å². The molecule has 0 saturated heterocycles. The molecule has 128 valence electrons. The highest BCUT2D eigenvalue weighted by Gasteiger charge is 2.66. The van der Waals surface area contributed by atoms with E-state index in [2.05, 4.69) is 18.8 Å². The Hall–Kier alpha value is -1.43. The Bertz CT molecular complexity index is 594. The fourth-order valence-corrected chi connectivity index (χ4v) is 4.46. The maximum atomic E-state index is 12.5. The number of ether oxygens (including phenoxy) is 2. The second-order valence-corrected chi connectivity index (χ2v) is 7.89. The molecule has 0 spiro atoms. The zero-order chi connectivity index (χ0) is 17.2. The topological polar surface area (TPSA) is 85.2 Å². The molecule has 6 heteroatoms. The minimum absolute atomic E-state index is 0.116. The molecule has 0 radical (unpaired) electrons. The van der Waals surface area contributed by atoms with Crippen LogP contribution in [0.3, 0.4) is 0 Å². The van der Waals surface area contributed by atoms with E-state index in [0.29, 0.717) is 5.92 Å². The number of carbonyl (C=O) groups excluding carboxylic acids is 2. The Kier molecular flexibility index (Phi) is 3.42. The molecule has 0 aromatic rings. The van der Waals surface area contributed by atoms with Crippen LogP contribution in [0.2, 0.25) is 0 Å². The molecule has 6 nitrogen and oxygen atoms in total. The molecule has 1 N–H and O–H groups in total. The summed E-state index contributed by atoms with van der Waals surface area (Å²) in [6.07, 6.45) is 1.76. The molecule has 1 aliphatic heterocycles. The Labute approximate surface area is 136 Å². The van der Waals surface area contributed by atoms with Crippen LogP contribution in [0.4, 0.5) is 0 Å². The second kappa shape index (κ2) is 4.79. The summed E-state index contributed by atoms with van der Waals surface area (Å²) in [5.74, 6) is -0.777. The van der Waals surface area contributed by atoms with Gasteiger partial charge in [0.15, 0.2) is 17.2 Å². The van der Waals surface area contributed by atoms with Crippen LogP contribution < -0.4 is 0 Å². The maximum absolute atomic E-state index is 12.5. The van der Waals surface area contributed by atoms with Crippen LogP contribution in [0.15, 0.2) is 4.99 Å². The van der Waals surface area contributed by atoms with Gasteiger partial charge in [0, 0.05) is 5.92 Å².